The summed E-state index contributed by atoms with van der Waals surface area (Å²) in [5.74, 6) is -0.0700. The van der Waals surface area contributed by atoms with Gasteiger partial charge in [0, 0.05) is 37.0 Å². The summed E-state index contributed by atoms with van der Waals surface area (Å²) in [5.41, 5.74) is 3.09. The van der Waals surface area contributed by atoms with Crippen LogP contribution in [0.3, 0.4) is 0 Å². The lowest BCUT2D eigenvalue weighted by atomic mass is 10.1. The first-order chi connectivity index (χ1) is 13.1. The van der Waals surface area contributed by atoms with Crippen molar-refractivity contribution in [2.24, 2.45) is 0 Å². The van der Waals surface area contributed by atoms with Gasteiger partial charge >= 0.3 is 0 Å². The molecule has 2 N–H and O–H groups in total. The zero-order valence-electron chi connectivity index (χ0n) is 16.2. The van der Waals surface area contributed by atoms with Crippen molar-refractivity contribution in [2.75, 3.05) is 19.6 Å². The standard InChI is InChI=1S/C21H29N3O2S/c1-3-24(4-2)15-18-9-6-5-8-17(18)14-23-20(25)10-7-12-22-21(26)19-11-13-27-16-19/h5-6,8-9,11,13,16H,3-4,7,10,12,14-15H2,1-2H3,(H,22,26)(H,23,25). The van der Waals surface area contributed by atoms with Crippen molar-refractivity contribution in [3.8, 4) is 0 Å². The van der Waals surface area contributed by atoms with E-state index in [9.17, 15) is 9.59 Å². The van der Waals surface area contributed by atoms with Crippen LogP contribution in [0, 0.1) is 0 Å². The molecule has 5 nitrogen and oxygen atoms in total. The highest BCUT2D eigenvalue weighted by molar-refractivity contribution is 7.08. The number of carbonyl (C=O) groups excluding carboxylic acids is 2. The first-order valence-corrected chi connectivity index (χ1v) is 10.4. The molecule has 27 heavy (non-hydrogen) atoms. The Labute approximate surface area is 165 Å². The lowest BCUT2D eigenvalue weighted by Gasteiger charge is -2.20. The molecule has 0 atom stereocenters. The third kappa shape index (κ3) is 7.15. The molecule has 1 aromatic carbocycles. The van der Waals surface area contributed by atoms with Crippen molar-refractivity contribution in [2.45, 2.75) is 39.8 Å². The quantitative estimate of drug-likeness (QED) is 0.581. The van der Waals surface area contributed by atoms with Crippen LogP contribution < -0.4 is 10.6 Å². The van der Waals surface area contributed by atoms with E-state index < -0.39 is 0 Å². The SMILES string of the molecule is CCN(CC)Cc1ccccc1CNC(=O)CCCNC(=O)c1ccsc1. The summed E-state index contributed by atoms with van der Waals surface area (Å²) in [7, 11) is 0. The molecule has 2 rings (SSSR count). The maximum atomic E-state index is 12.1. The molecule has 0 spiro atoms. The Bertz CT molecular complexity index is 712. The van der Waals surface area contributed by atoms with Crippen LogP contribution in [-0.2, 0) is 17.9 Å². The minimum atomic E-state index is -0.0815. The molecule has 0 aliphatic rings. The van der Waals surface area contributed by atoms with Crippen molar-refractivity contribution in [3.63, 3.8) is 0 Å². The number of carbonyl (C=O) groups is 2. The van der Waals surface area contributed by atoms with E-state index in [1.807, 2.05) is 22.9 Å². The molecule has 0 fully saturated rings. The number of amides is 2. The average molecular weight is 388 g/mol. The van der Waals surface area contributed by atoms with E-state index >= 15 is 0 Å². The Morgan fingerprint density at radius 3 is 2.44 bits per heavy atom. The highest BCUT2D eigenvalue weighted by Gasteiger charge is 2.09. The molecule has 2 aromatic rings. The number of benzene rings is 1. The van der Waals surface area contributed by atoms with Gasteiger partial charge in [0.15, 0.2) is 0 Å². The van der Waals surface area contributed by atoms with Crippen molar-refractivity contribution < 1.29 is 9.59 Å². The van der Waals surface area contributed by atoms with E-state index in [4.69, 9.17) is 0 Å². The monoisotopic (exact) mass is 387 g/mol. The highest BCUT2D eigenvalue weighted by Crippen LogP contribution is 2.12. The summed E-state index contributed by atoms with van der Waals surface area (Å²) in [6, 6.07) is 10.0. The van der Waals surface area contributed by atoms with Gasteiger partial charge in [-0.1, -0.05) is 38.1 Å². The second-order valence-electron chi connectivity index (χ2n) is 6.38. The first kappa shape index (κ1) is 21.1. The molecule has 0 saturated carbocycles. The minimum absolute atomic E-state index is 0.0115. The van der Waals surface area contributed by atoms with Crippen LogP contribution >= 0.6 is 11.3 Å². The van der Waals surface area contributed by atoms with E-state index in [1.54, 1.807) is 6.07 Å². The zero-order valence-corrected chi connectivity index (χ0v) is 17.0. The Morgan fingerprint density at radius 2 is 1.78 bits per heavy atom. The highest BCUT2D eigenvalue weighted by atomic mass is 32.1. The summed E-state index contributed by atoms with van der Waals surface area (Å²) in [6.07, 6.45) is 1.03. The predicted octanol–water partition coefficient (Wildman–Crippen LogP) is 3.42. The van der Waals surface area contributed by atoms with Gasteiger partial charge in [-0.05, 0) is 42.1 Å². The van der Waals surface area contributed by atoms with Crippen molar-refractivity contribution >= 4 is 23.2 Å². The van der Waals surface area contributed by atoms with Crippen LogP contribution in [-0.4, -0.2) is 36.3 Å². The number of nitrogens with zero attached hydrogens (tertiary/aromatic N) is 1. The van der Waals surface area contributed by atoms with Crippen molar-refractivity contribution in [1.29, 1.82) is 0 Å². The van der Waals surface area contributed by atoms with Gasteiger partial charge in [0.2, 0.25) is 5.91 Å². The predicted molar refractivity (Wildman–Crippen MR) is 111 cm³/mol. The molecule has 0 radical (unpaired) electrons. The smallest absolute Gasteiger partial charge is 0.252 e. The van der Waals surface area contributed by atoms with Gasteiger partial charge in [-0.25, -0.2) is 0 Å². The average Bonchev–Trinajstić information content (AvgIpc) is 3.23. The molecular formula is C21H29N3O2S. The molecule has 0 unspecified atom stereocenters. The van der Waals surface area contributed by atoms with Gasteiger partial charge < -0.3 is 10.6 Å². The third-order valence-corrected chi connectivity index (χ3v) is 5.22. The van der Waals surface area contributed by atoms with Crippen molar-refractivity contribution in [1.82, 2.24) is 15.5 Å². The number of nitrogens with one attached hydrogen (secondary N) is 2. The van der Waals surface area contributed by atoms with Gasteiger partial charge in [0.05, 0.1) is 0 Å². The fraction of sp³-hybridized carbons (Fsp3) is 0.429. The fourth-order valence-electron chi connectivity index (χ4n) is 2.80. The van der Waals surface area contributed by atoms with Crippen LogP contribution in [0.15, 0.2) is 41.1 Å². The molecule has 0 aliphatic heterocycles. The van der Waals surface area contributed by atoms with Gasteiger partial charge in [0.1, 0.15) is 0 Å². The molecular weight excluding hydrogens is 358 g/mol. The lowest BCUT2D eigenvalue weighted by Crippen LogP contribution is -2.28. The van der Waals surface area contributed by atoms with Crippen LogP contribution in [0.25, 0.3) is 0 Å². The fourth-order valence-corrected chi connectivity index (χ4v) is 3.44. The maximum absolute atomic E-state index is 12.1. The summed E-state index contributed by atoms with van der Waals surface area (Å²) >= 11 is 1.50. The summed E-state index contributed by atoms with van der Waals surface area (Å²) in [4.78, 5) is 26.3. The number of hydrogen-bond acceptors (Lipinski definition) is 4. The minimum Gasteiger partial charge on any atom is -0.352 e. The lowest BCUT2D eigenvalue weighted by molar-refractivity contribution is -0.121. The number of hydrogen-bond donors (Lipinski definition) is 2. The Hall–Kier alpha value is -2.18. The van der Waals surface area contributed by atoms with Gasteiger partial charge in [-0.2, -0.15) is 11.3 Å². The van der Waals surface area contributed by atoms with Gasteiger partial charge in [-0.3, -0.25) is 14.5 Å². The molecule has 146 valence electrons. The van der Waals surface area contributed by atoms with E-state index in [-0.39, 0.29) is 11.8 Å². The summed E-state index contributed by atoms with van der Waals surface area (Å²) in [6.45, 7) is 8.27. The Morgan fingerprint density at radius 1 is 1.04 bits per heavy atom. The molecule has 1 aromatic heterocycles. The zero-order chi connectivity index (χ0) is 19.5. The van der Waals surface area contributed by atoms with Gasteiger partial charge in [0.25, 0.3) is 5.91 Å². The molecule has 6 heteroatoms. The topological polar surface area (TPSA) is 61.4 Å². The molecule has 2 amide bonds. The van der Waals surface area contributed by atoms with E-state index in [0.717, 1.165) is 25.2 Å². The second kappa shape index (κ2) is 11.5. The second-order valence-corrected chi connectivity index (χ2v) is 7.16. The summed E-state index contributed by atoms with van der Waals surface area (Å²) in [5, 5.41) is 9.53. The first-order valence-electron chi connectivity index (χ1n) is 9.50. The number of thiophene rings is 1. The van der Waals surface area contributed by atoms with E-state index in [2.05, 4.69) is 41.5 Å². The maximum Gasteiger partial charge on any atom is 0.252 e. The third-order valence-electron chi connectivity index (χ3n) is 4.53. The molecule has 0 aliphatic carbocycles. The van der Waals surface area contributed by atoms with Crippen LogP contribution in [0.5, 0.6) is 0 Å². The molecule has 0 saturated heterocycles. The van der Waals surface area contributed by atoms with Gasteiger partial charge in [-0.15, -0.1) is 0 Å². The number of rotatable bonds is 11. The largest absolute Gasteiger partial charge is 0.352 e. The van der Waals surface area contributed by atoms with E-state index in [1.165, 1.54) is 16.9 Å². The Kier molecular flexibility index (Phi) is 9.01. The van der Waals surface area contributed by atoms with Crippen LogP contribution in [0.1, 0.15) is 48.2 Å². The normalized spacial score (nSPS) is 10.8. The van der Waals surface area contributed by atoms with Crippen LogP contribution in [0.4, 0.5) is 0 Å². The van der Waals surface area contributed by atoms with Crippen molar-refractivity contribution in [3.05, 3.63) is 57.8 Å². The Balaban J connectivity index is 1.71. The van der Waals surface area contributed by atoms with E-state index in [0.29, 0.717) is 31.5 Å². The molecule has 0 bridgehead atoms. The summed E-state index contributed by atoms with van der Waals surface area (Å²) < 4.78 is 0. The van der Waals surface area contributed by atoms with Crippen LogP contribution in [0.2, 0.25) is 0 Å². The molecule has 1 heterocycles.